The average Bonchev–Trinajstić information content (AvgIpc) is 2.80. The summed E-state index contributed by atoms with van der Waals surface area (Å²) in [6.45, 7) is 4.27. The summed E-state index contributed by atoms with van der Waals surface area (Å²) in [5.74, 6) is -4.00. The number of aliphatic hydroxyl groups is 1. The second-order valence-electron chi connectivity index (χ2n) is 7.22. The van der Waals surface area contributed by atoms with Crippen LogP contribution in [0.25, 0.3) is 0 Å². The van der Waals surface area contributed by atoms with E-state index in [1.54, 1.807) is 13.8 Å². The van der Waals surface area contributed by atoms with Gasteiger partial charge in [0.05, 0.1) is 6.10 Å². The van der Waals surface area contributed by atoms with Crippen LogP contribution in [0.3, 0.4) is 0 Å². The van der Waals surface area contributed by atoms with Crippen LogP contribution in [-0.2, 0) is 23.4 Å². The summed E-state index contributed by atoms with van der Waals surface area (Å²) in [7, 11) is -2.81. The molecule has 168 valence electrons. The number of hydrogen-bond acceptors (Lipinski definition) is 9. The molecule has 11 nitrogen and oxygen atoms in total. The van der Waals surface area contributed by atoms with Crippen LogP contribution in [0.4, 0.5) is 14.6 Å². The zero-order valence-corrected chi connectivity index (χ0v) is 17.6. The van der Waals surface area contributed by atoms with Crippen molar-refractivity contribution in [3.05, 3.63) is 22.7 Å². The number of anilines is 1. The Morgan fingerprint density at radius 2 is 2.13 bits per heavy atom. The Balaban J connectivity index is 2.08. The number of ether oxygens (including phenoxy) is 2. The molecule has 0 spiro atoms. The molecule has 1 aromatic heterocycles. The molecule has 0 aromatic carbocycles. The number of carbonyl (C=O) groups is 1. The summed E-state index contributed by atoms with van der Waals surface area (Å²) in [4.78, 5) is 27.1. The van der Waals surface area contributed by atoms with Crippen molar-refractivity contribution in [3.8, 4) is 0 Å². The number of rotatable bonds is 8. The molecular formula is C16H24F2N4O7P+. The maximum atomic E-state index is 15.1. The Morgan fingerprint density at radius 3 is 2.70 bits per heavy atom. The van der Waals surface area contributed by atoms with Crippen LogP contribution in [0.2, 0.25) is 0 Å². The Kier molecular flexibility index (Phi) is 7.25. The predicted octanol–water partition coefficient (Wildman–Crippen LogP) is 0.713. The molecule has 2 rings (SSSR count). The van der Waals surface area contributed by atoms with E-state index >= 15 is 8.78 Å². The Labute approximate surface area is 171 Å². The van der Waals surface area contributed by atoms with E-state index in [-0.39, 0.29) is 5.82 Å². The second-order valence-corrected chi connectivity index (χ2v) is 8.25. The van der Waals surface area contributed by atoms with Gasteiger partial charge in [0.1, 0.15) is 11.9 Å². The van der Waals surface area contributed by atoms with Crippen molar-refractivity contribution in [2.45, 2.75) is 63.7 Å². The van der Waals surface area contributed by atoms with Crippen LogP contribution in [0.5, 0.6) is 0 Å². The summed E-state index contributed by atoms with van der Waals surface area (Å²) in [5.41, 5.74) is 1.58. The van der Waals surface area contributed by atoms with Gasteiger partial charge in [-0.2, -0.15) is 4.98 Å². The van der Waals surface area contributed by atoms with Crippen LogP contribution in [0.15, 0.2) is 17.1 Å². The minimum Gasteiger partial charge on any atom is -0.462 e. The number of alkyl halides is 2. The molecule has 1 aliphatic rings. The van der Waals surface area contributed by atoms with E-state index in [4.69, 9.17) is 19.7 Å². The Bertz CT molecular complexity index is 868. The van der Waals surface area contributed by atoms with Gasteiger partial charge in [0, 0.05) is 6.20 Å². The number of aliphatic hydroxyl groups excluding tert-OH is 1. The van der Waals surface area contributed by atoms with Crippen LogP contribution in [0.1, 0.15) is 33.9 Å². The number of aromatic nitrogens is 2. The topological polar surface area (TPSA) is 155 Å². The first-order valence-corrected chi connectivity index (χ1v) is 10.1. The van der Waals surface area contributed by atoms with Crippen molar-refractivity contribution in [1.29, 1.82) is 0 Å². The molecule has 0 amide bonds. The lowest BCUT2D eigenvalue weighted by molar-refractivity contribution is -0.202. The van der Waals surface area contributed by atoms with Gasteiger partial charge in [-0.15, -0.1) is 4.52 Å². The molecule has 14 heteroatoms. The van der Waals surface area contributed by atoms with E-state index in [0.29, 0.717) is 4.57 Å². The van der Waals surface area contributed by atoms with E-state index in [9.17, 15) is 19.3 Å². The van der Waals surface area contributed by atoms with E-state index in [1.807, 2.05) is 0 Å². The number of nitrogens with one attached hydrogen (secondary N) is 1. The van der Waals surface area contributed by atoms with Crippen LogP contribution < -0.4 is 16.5 Å². The molecule has 0 saturated carbocycles. The molecule has 1 aromatic rings. The van der Waals surface area contributed by atoms with Gasteiger partial charge >= 0.3 is 19.8 Å². The molecule has 0 radical (unpaired) electrons. The summed E-state index contributed by atoms with van der Waals surface area (Å²) < 4.78 is 57.5. The van der Waals surface area contributed by atoms with E-state index in [1.165, 1.54) is 13.0 Å². The fourth-order valence-electron chi connectivity index (χ4n) is 2.70. The first kappa shape index (κ1) is 24.2. The number of esters is 1. The highest BCUT2D eigenvalue weighted by atomic mass is 31.1. The lowest BCUT2D eigenvalue weighted by Crippen LogP contribution is -2.47. The molecule has 2 heterocycles. The van der Waals surface area contributed by atoms with Gasteiger partial charge in [0.2, 0.25) is 0 Å². The second kappa shape index (κ2) is 8.98. The Hall–Kier alpha value is -2.05. The van der Waals surface area contributed by atoms with Gasteiger partial charge in [0.25, 0.3) is 5.85 Å². The molecule has 4 N–H and O–H groups in total. The standard InChI is InChI=1S/C16H23F2N4O7P/c1-8(2)28-11(23)9(3)21-30(26)27-7-16(18)12(24)15(4,17)13(29-16)22-6-5-10(19)20-14(22)25/h5-6,8-9,12-13,24H,7H2,1-4H3,(H2-,19,20,21,25,26)/p+1/t9-,12-,13+,15+,16+/m0/s1. The highest BCUT2D eigenvalue weighted by molar-refractivity contribution is 7.36. The molecule has 1 unspecified atom stereocenters. The first-order valence-electron chi connectivity index (χ1n) is 8.93. The lowest BCUT2D eigenvalue weighted by atomic mass is 9.97. The maximum absolute atomic E-state index is 15.1. The third-order valence-corrected chi connectivity index (χ3v) is 5.18. The third-order valence-electron chi connectivity index (χ3n) is 4.22. The van der Waals surface area contributed by atoms with Crippen molar-refractivity contribution in [3.63, 3.8) is 0 Å². The van der Waals surface area contributed by atoms with Crippen molar-refractivity contribution in [2.75, 3.05) is 12.3 Å². The summed E-state index contributed by atoms with van der Waals surface area (Å²) in [5, 5.41) is 12.4. The van der Waals surface area contributed by atoms with Gasteiger partial charge in [-0.05, 0) is 38.3 Å². The largest absolute Gasteiger partial charge is 0.614 e. The maximum Gasteiger partial charge on any atom is 0.614 e. The van der Waals surface area contributed by atoms with Gasteiger partial charge in [-0.1, -0.05) is 5.09 Å². The number of nitrogens with zero attached hydrogens (tertiary/aromatic N) is 2. The third kappa shape index (κ3) is 5.16. The van der Waals surface area contributed by atoms with E-state index < -0.39 is 62.4 Å². The molecule has 6 atom stereocenters. The summed E-state index contributed by atoms with van der Waals surface area (Å²) in [6.07, 6.45) is -3.66. The van der Waals surface area contributed by atoms with Gasteiger partial charge < -0.3 is 20.3 Å². The van der Waals surface area contributed by atoms with Crippen molar-refractivity contribution < 1.29 is 37.2 Å². The smallest absolute Gasteiger partial charge is 0.462 e. The molecular weight excluding hydrogens is 429 g/mol. The van der Waals surface area contributed by atoms with Gasteiger partial charge in [-0.3, -0.25) is 9.36 Å². The normalized spacial score (nSPS) is 30.3. The highest BCUT2D eigenvalue weighted by Gasteiger charge is 2.65. The molecule has 0 bridgehead atoms. The van der Waals surface area contributed by atoms with E-state index in [0.717, 1.165) is 13.1 Å². The average molecular weight is 453 g/mol. The minimum atomic E-state index is -3.15. The summed E-state index contributed by atoms with van der Waals surface area (Å²) in [6, 6.07) is 0.125. The zero-order valence-electron chi connectivity index (χ0n) is 16.7. The monoisotopic (exact) mass is 453 g/mol. The van der Waals surface area contributed by atoms with Crippen molar-refractivity contribution >= 4 is 20.0 Å². The van der Waals surface area contributed by atoms with Gasteiger partial charge in [0.15, 0.2) is 24.6 Å². The number of nitrogen functional groups attached to an aromatic ring is 1. The fourth-order valence-corrected chi connectivity index (χ4v) is 3.49. The first-order chi connectivity index (χ1) is 13.8. The number of hydrogen-bond donors (Lipinski definition) is 3. The number of nitrogens with two attached hydrogens (primary N) is 1. The molecule has 1 aliphatic heterocycles. The summed E-state index contributed by atoms with van der Waals surface area (Å²) >= 11 is 0. The molecule has 1 saturated heterocycles. The van der Waals surface area contributed by atoms with Crippen LogP contribution >= 0.6 is 8.18 Å². The van der Waals surface area contributed by atoms with Gasteiger partial charge in [-0.25, -0.2) is 13.6 Å². The van der Waals surface area contributed by atoms with Crippen LogP contribution in [0, 0.1) is 0 Å². The predicted molar refractivity (Wildman–Crippen MR) is 99.8 cm³/mol. The molecule has 0 aliphatic carbocycles. The number of halogens is 2. The molecule has 30 heavy (non-hydrogen) atoms. The van der Waals surface area contributed by atoms with Crippen LogP contribution in [-0.4, -0.2) is 57.0 Å². The quantitative estimate of drug-likeness (QED) is 0.379. The lowest BCUT2D eigenvalue weighted by Gasteiger charge is -2.24. The number of carbonyl (C=O) groups excluding carboxylic acids is 1. The zero-order chi connectivity index (χ0) is 22.9. The minimum absolute atomic E-state index is 0.140. The fraction of sp³-hybridized carbons (Fsp3) is 0.688. The SMILES string of the molecule is CC(C)OC(=O)[C@H](C)N[P+](=O)OC[C@@]1(F)O[C@@H](n2ccc(N)nc2=O)[C@](C)(F)[C@@H]1O. The van der Waals surface area contributed by atoms with E-state index in [2.05, 4.69) is 10.1 Å². The molecule has 1 fully saturated rings. The Morgan fingerprint density at radius 1 is 1.50 bits per heavy atom. The highest BCUT2D eigenvalue weighted by Crippen LogP contribution is 2.47. The van der Waals surface area contributed by atoms with Crippen molar-refractivity contribution in [2.24, 2.45) is 0 Å². The van der Waals surface area contributed by atoms with Crippen molar-refractivity contribution in [1.82, 2.24) is 14.6 Å².